The highest BCUT2D eigenvalue weighted by Crippen LogP contribution is 2.45. The molecule has 10 nitrogen and oxygen atoms in total. The van der Waals surface area contributed by atoms with Crippen LogP contribution in [0.2, 0.25) is 5.02 Å². The topological polar surface area (TPSA) is 132 Å². The van der Waals surface area contributed by atoms with Gasteiger partial charge in [0.15, 0.2) is 16.6 Å². The second-order valence-electron chi connectivity index (χ2n) is 8.49. The first-order valence-corrected chi connectivity index (χ1v) is 12.5. The smallest absolute Gasteiger partial charge is 0.301 e. The molecule has 3 heterocycles. The molecule has 1 saturated heterocycles. The van der Waals surface area contributed by atoms with Gasteiger partial charge < -0.3 is 14.6 Å². The Morgan fingerprint density at radius 1 is 1.08 bits per heavy atom. The van der Waals surface area contributed by atoms with E-state index in [0.29, 0.717) is 40.0 Å². The van der Waals surface area contributed by atoms with Crippen LogP contribution < -0.4 is 14.4 Å². The van der Waals surface area contributed by atoms with Crippen LogP contribution in [0.4, 0.5) is 10.8 Å². The first kappa shape index (κ1) is 23.9. The van der Waals surface area contributed by atoms with E-state index in [9.17, 15) is 24.8 Å². The number of carbonyl (C=O) groups excluding carboxylic acids is 2. The molecular weight excluding hydrogens is 534 g/mol. The number of ether oxygens (including phenoxy) is 2. The Morgan fingerprint density at radius 3 is 2.66 bits per heavy atom. The number of ketones is 1. The molecule has 2 aliphatic rings. The van der Waals surface area contributed by atoms with E-state index in [-0.39, 0.29) is 27.5 Å². The lowest BCUT2D eigenvalue weighted by Gasteiger charge is -2.23. The summed E-state index contributed by atoms with van der Waals surface area (Å²) in [6.07, 6.45) is 0. The predicted octanol–water partition coefficient (Wildman–Crippen LogP) is 5.26. The van der Waals surface area contributed by atoms with E-state index in [0.717, 1.165) is 16.2 Å². The number of nitrogens with zero attached hydrogens (tertiary/aromatic N) is 3. The Kier molecular flexibility index (Phi) is 5.73. The molecule has 1 N–H and O–H groups in total. The molecule has 190 valence electrons. The number of benzene rings is 3. The molecule has 0 radical (unpaired) electrons. The number of Topliss-reactive ketones (excluding diaryl/α,β-unsaturated/α-hetero) is 1. The zero-order valence-corrected chi connectivity index (χ0v) is 20.9. The highest BCUT2D eigenvalue weighted by atomic mass is 35.5. The summed E-state index contributed by atoms with van der Waals surface area (Å²) in [5, 5.41) is 23.6. The van der Waals surface area contributed by atoms with Crippen LogP contribution in [0.5, 0.6) is 11.5 Å². The van der Waals surface area contributed by atoms with Crippen molar-refractivity contribution in [1.82, 2.24) is 4.98 Å². The van der Waals surface area contributed by atoms with Crippen molar-refractivity contribution < 1.29 is 29.1 Å². The molecule has 0 spiro atoms. The molecule has 1 aromatic heterocycles. The number of halogens is 1. The third-order valence-electron chi connectivity index (χ3n) is 6.20. The molecule has 38 heavy (non-hydrogen) atoms. The van der Waals surface area contributed by atoms with Gasteiger partial charge in [0.25, 0.3) is 11.5 Å². The van der Waals surface area contributed by atoms with Crippen LogP contribution in [0.25, 0.3) is 16.0 Å². The normalized spacial score (nSPS) is 18.2. The molecule has 3 aromatic carbocycles. The van der Waals surface area contributed by atoms with Crippen molar-refractivity contribution in [1.29, 1.82) is 0 Å². The van der Waals surface area contributed by atoms with Crippen LogP contribution in [-0.2, 0) is 9.59 Å². The van der Waals surface area contributed by atoms with E-state index in [2.05, 4.69) is 4.98 Å². The fraction of sp³-hybridized carbons (Fsp3) is 0.115. The Labute approximate surface area is 223 Å². The number of hydrogen-bond acceptors (Lipinski definition) is 9. The molecule has 4 aromatic rings. The lowest BCUT2D eigenvalue weighted by Crippen LogP contribution is -2.29. The largest absolute Gasteiger partial charge is 0.507 e. The molecule has 1 unspecified atom stereocenters. The quantitative estimate of drug-likeness (QED) is 0.120. The number of amides is 1. The summed E-state index contributed by atoms with van der Waals surface area (Å²) in [6.45, 7) is 0.695. The van der Waals surface area contributed by atoms with Crippen LogP contribution in [0, 0.1) is 10.1 Å². The monoisotopic (exact) mass is 549 g/mol. The number of aliphatic hydroxyl groups excluding tert-OH is 1. The zero-order chi connectivity index (χ0) is 26.6. The highest BCUT2D eigenvalue weighted by Gasteiger charge is 2.48. The minimum atomic E-state index is -1.18. The SMILES string of the molecule is O=C1C(=O)N(c2nc3ccc(Cl)cc3s2)C(c2cccc([N+](=O)[O-])c2)/C1=C(/O)c1ccc2c(c1)OCCO2. The van der Waals surface area contributed by atoms with Gasteiger partial charge in [-0.3, -0.25) is 24.6 Å². The molecule has 1 fully saturated rings. The number of nitro benzene ring substituents is 1. The molecule has 1 amide bonds. The standard InChI is InChI=1S/C26H16ClN3O7S/c27-15-5-6-17-20(12-15)38-26(28-17)29-22(13-2-1-3-16(10-13)30(34)35)21(24(32)25(29)33)23(31)14-4-7-18-19(11-14)37-9-8-36-18/h1-7,10-12,22,31H,8-9H2/b23-21-. The number of non-ortho nitro benzene ring substituents is 1. The summed E-state index contributed by atoms with van der Waals surface area (Å²) in [4.78, 5) is 43.5. The summed E-state index contributed by atoms with van der Waals surface area (Å²) in [6, 6.07) is 14.1. The maximum absolute atomic E-state index is 13.4. The van der Waals surface area contributed by atoms with Gasteiger partial charge in [-0.1, -0.05) is 35.1 Å². The maximum Gasteiger partial charge on any atom is 0.301 e. The Bertz CT molecular complexity index is 1700. The first-order chi connectivity index (χ1) is 18.3. The summed E-state index contributed by atoms with van der Waals surface area (Å²) < 4.78 is 11.8. The lowest BCUT2D eigenvalue weighted by molar-refractivity contribution is -0.384. The van der Waals surface area contributed by atoms with Gasteiger partial charge in [0.2, 0.25) is 0 Å². The summed E-state index contributed by atoms with van der Waals surface area (Å²) in [7, 11) is 0. The fourth-order valence-electron chi connectivity index (χ4n) is 4.49. The van der Waals surface area contributed by atoms with Gasteiger partial charge in [-0.05, 0) is 42.0 Å². The van der Waals surface area contributed by atoms with Gasteiger partial charge in [0.05, 0.1) is 26.8 Å². The van der Waals surface area contributed by atoms with E-state index in [1.54, 1.807) is 36.4 Å². The molecule has 12 heteroatoms. The third kappa shape index (κ3) is 3.92. The van der Waals surface area contributed by atoms with Crippen molar-refractivity contribution in [3.8, 4) is 11.5 Å². The molecule has 0 bridgehead atoms. The minimum absolute atomic E-state index is 0.182. The fourth-order valence-corrected chi connectivity index (χ4v) is 5.76. The van der Waals surface area contributed by atoms with Crippen molar-refractivity contribution in [2.75, 3.05) is 18.1 Å². The van der Waals surface area contributed by atoms with Gasteiger partial charge in [-0.25, -0.2) is 4.98 Å². The van der Waals surface area contributed by atoms with Crippen LogP contribution in [0.1, 0.15) is 17.2 Å². The molecule has 0 saturated carbocycles. The van der Waals surface area contributed by atoms with Gasteiger partial charge in [0, 0.05) is 22.7 Å². The van der Waals surface area contributed by atoms with Crippen LogP contribution >= 0.6 is 22.9 Å². The number of carbonyl (C=O) groups is 2. The van der Waals surface area contributed by atoms with Crippen molar-refractivity contribution in [3.63, 3.8) is 0 Å². The van der Waals surface area contributed by atoms with Crippen LogP contribution in [-0.4, -0.2) is 39.9 Å². The molecule has 6 rings (SSSR count). The number of fused-ring (bicyclic) bond motifs is 2. The number of thiazole rings is 1. The van der Waals surface area contributed by atoms with Crippen molar-refractivity contribution in [2.45, 2.75) is 6.04 Å². The minimum Gasteiger partial charge on any atom is -0.507 e. The van der Waals surface area contributed by atoms with Gasteiger partial charge in [0.1, 0.15) is 19.0 Å². The number of hydrogen-bond donors (Lipinski definition) is 1. The van der Waals surface area contributed by atoms with Crippen LogP contribution in [0.3, 0.4) is 0 Å². The highest BCUT2D eigenvalue weighted by molar-refractivity contribution is 7.22. The molecule has 1 atom stereocenters. The van der Waals surface area contributed by atoms with Gasteiger partial charge in [-0.15, -0.1) is 0 Å². The predicted molar refractivity (Wildman–Crippen MR) is 140 cm³/mol. The summed E-state index contributed by atoms with van der Waals surface area (Å²) >= 11 is 7.25. The Hall–Kier alpha value is -4.48. The zero-order valence-electron chi connectivity index (χ0n) is 19.3. The van der Waals surface area contributed by atoms with Crippen LogP contribution in [0.15, 0.2) is 66.2 Å². The summed E-state index contributed by atoms with van der Waals surface area (Å²) in [5.74, 6) is -1.47. The van der Waals surface area contributed by atoms with E-state index >= 15 is 0 Å². The number of nitro groups is 1. The number of aliphatic hydroxyl groups is 1. The number of aromatic nitrogens is 1. The second kappa shape index (κ2) is 9.12. The molecular formula is C26H16ClN3O7S. The average Bonchev–Trinajstić information content (AvgIpc) is 3.45. The Morgan fingerprint density at radius 2 is 1.87 bits per heavy atom. The van der Waals surface area contributed by atoms with Gasteiger partial charge >= 0.3 is 5.91 Å². The lowest BCUT2D eigenvalue weighted by atomic mass is 9.95. The van der Waals surface area contributed by atoms with E-state index in [1.807, 2.05) is 0 Å². The molecule has 2 aliphatic heterocycles. The number of rotatable bonds is 4. The Balaban J connectivity index is 1.56. The van der Waals surface area contributed by atoms with E-state index in [4.69, 9.17) is 21.1 Å². The second-order valence-corrected chi connectivity index (χ2v) is 9.93. The third-order valence-corrected chi connectivity index (χ3v) is 7.45. The van der Waals surface area contributed by atoms with Gasteiger partial charge in [-0.2, -0.15) is 0 Å². The number of anilines is 1. The summed E-state index contributed by atoms with van der Waals surface area (Å²) in [5.41, 5.74) is 0.572. The maximum atomic E-state index is 13.4. The van der Waals surface area contributed by atoms with Crippen molar-refractivity contribution >= 4 is 61.4 Å². The first-order valence-electron chi connectivity index (χ1n) is 11.3. The van der Waals surface area contributed by atoms with E-state index < -0.39 is 28.4 Å². The van der Waals surface area contributed by atoms with Crippen molar-refractivity contribution in [2.24, 2.45) is 0 Å². The van der Waals surface area contributed by atoms with E-state index in [1.165, 1.54) is 24.3 Å². The molecule has 0 aliphatic carbocycles. The average molecular weight is 550 g/mol. The van der Waals surface area contributed by atoms with Crippen molar-refractivity contribution in [3.05, 3.63) is 92.5 Å².